The van der Waals surface area contributed by atoms with Crippen molar-refractivity contribution >= 4 is 17.7 Å². The molecule has 0 saturated heterocycles. The number of rotatable bonds is 4. The zero-order valence-electron chi connectivity index (χ0n) is 16.7. The fourth-order valence-corrected chi connectivity index (χ4v) is 4.50. The summed E-state index contributed by atoms with van der Waals surface area (Å²) in [5, 5.41) is 9.30. The van der Waals surface area contributed by atoms with Gasteiger partial charge < -0.3 is 14.6 Å². The Morgan fingerprint density at radius 1 is 0.935 bits per heavy atom. The Hall–Kier alpha value is -3.80. The van der Waals surface area contributed by atoms with E-state index < -0.39 is 18.1 Å². The zero-order chi connectivity index (χ0) is 21.4. The van der Waals surface area contributed by atoms with E-state index in [0.717, 1.165) is 22.3 Å². The molecule has 1 amide bonds. The lowest BCUT2D eigenvalue weighted by atomic mass is 9.98. The summed E-state index contributed by atoms with van der Waals surface area (Å²) >= 11 is 0. The number of para-hydroxylation sites is 2. The van der Waals surface area contributed by atoms with Crippen LogP contribution >= 0.6 is 0 Å². The van der Waals surface area contributed by atoms with E-state index >= 15 is 0 Å². The van der Waals surface area contributed by atoms with Crippen LogP contribution in [-0.2, 0) is 9.53 Å². The molecule has 0 spiro atoms. The molecule has 31 heavy (non-hydrogen) atoms. The van der Waals surface area contributed by atoms with Gasteiger partial charge in [0.2, 0.25) is 0 Å². The lowest BCUT2D eigenvalue weighted by Gasteiger charge is -2.35. The number of carboxylic acid groups (broad SMARTS) is 1. The number of nitrogens with zero attached hydrogens (tertiary/aromatic N) is 1. The quantitative estimate of drug-likeness (QED) is 0.670. The van der Waals surface area contributed by atoms with Gasteiger partial charge in [0, 0.05) is 5.92 Å². The van der Waals surface area contributed by atoms with Crippen LogP contribution in [0.3, 0.4) is 0 Å². The van der Waals surface area contributed by atoms with Crippen LogP contribution in [-0.4, -0.2) is 36.4 Å². The number of amides is 1. The summed E-state index contributed by atoms with van der Waals surface area (Å²) in [6.07, 6.45) is -0.790. The third-order valence-corrected chi connectivity index (χ3v) is 5.86. The predicted octanol–water partition coefficient (Wildman–Crippen LogP) is 4.68. The second-order valence-electron chi connectivity index (χ2n) is 7.70. The molecule has 0 saturated carbocycles. The van der Waals surface area contributed by atoms with Crippen molar-refractivity contribution in [2.24, 2.45) is 0 Å². The number of carbonyl (C=O) groups is 2. The molecule has 6 heteroatoms. The lowest BCUT2D eigenvalue weighted by Crippen LogP contribution is -2.48. The maximum atomic E-state index is 13.2. The van der Waals surface area contributed by atoms with Crippen molar-refractivity contribution in [3.63, 3.8) is 0 Å². The molecule has 2 aliphatic rings. The van der Waals surface area contributed by atoms with E-state index in [0.29, 0.717) is 11.4 Å². The van der Waals surface area contributed by atoms with E-state index in [1.165, 1.54) is 4.90 Å². The van der Waals surface area contributed by atoms with E-state index in [9.17, 15) is 14.7 Å². The van der Waals surface area contributed by atoms with E-state index in [1.807, 2.05) is 30.3 Å². The van der Waals surface area contributed by atoms with Gasteiger partial charge in [0.05, 0.1) is 18.2 Å². The molecule has 5 rings (SSSR count). The summed E-state index contributed by atoms with van der Waals surface area (Å²) < 4.78 is 11.5. The van der Waals surface area contributed by atoms with Crippen LogP contribution in [0.15, 0.2) is 72.8 Å². The fourth-order valence-electron chi connectivity index (χ4n) is 4.50. The summed E-state index contributed by atoms with van der Waals surface area (Å²) in [4.78, 5) is 26.0. The fraction of sp³-hybridized carbons (Fsp3) is 0.200. The molecule has 3 aromatic rings. The van der Waals surface area contributed by atoms with Crippen LogP contribution < -0.4 is 9.64 Å². The number of hydrogen-bond acceptors (Lipinski definition) is 4. The molecule has 1 unspecified atom stereocenters. The standard InChI is InChI=1S/C25H21NO5/c27-24(28)13-16-14-30-23-12-6-5-11-22(23)26(16)25(29)31-15-21-19-9-3-1-7-17(19)18-8-2-4-10-20(18)21/h1-12,16,21H,13-15H2,(H,27,28). The van der Waals surface area contributed by atoms with Crippen molar-refractivity contribution in [1.29, 1.82) is 0 Å². The minimum absolute atomic E-state index is 0.0643. The van der Waals surface area contributed by atoms with Crippen molar-refractivity contribution < 1.29 is 24.2 Å². The van der Waals surface area contributed by atoms with Crippen molar-refractivity contribution in [1.82, 2.24) is 0 Å². The van der Waals surface area contributed by atoms with Gasteiger partial charge in [0.25, 0.3) is 0 Å². The average molecular weight is 415 g/mol. The Kier molecular flexibility index (Phi) is 4.82. The van der Waals surface area contributed by atoms with Crippen molar-refractivity contribution in [3.05, 3.63) is 83.9 Å². The average Bonchev–Trinajstić information content (AvgIpc) is 3.11. The van der Waals surface area contributed by atoms with Crippen LogP contribution in [0.4, 0.5) is 10.5 Å². The molecule has 1 atom stereocenters. The number of anilines is 1. The number of hydrogen-bond donors (Lipinski definition) is 1. The minimum atomic E-state index is -0.996. The van der Waals surface area contributed by atoms with Gasteiger partial charge in [-0.3, -0.25) is 9.69 Å². The van der Waals surface area contributed by atoms with Crippen LogP contribution in [0.2, 0.25) is 0 Å². The molecule has 1 N–H and O–H groups in total. The summed E-state index contributed by atoms with van der Waals surface area (Å²) in [5.41, 5.74) is 5.08. The number of benzene rings is 3. The van der Waals surface area contributed by atoms with Gasteiger partial charge in [-0.15, -0.1) is 0 Å². The first-order valence-corrected chi connectivity index (χ1v) is 10.2. The molecular formula is C25H21NO5. The van der Waals surface area contributed by atoms with Gasteiger partial charge >= 0.3 is 12.1 Å². The molecular weight excluding hydrogens is 394 g/mol. The SMILES string of the molecule is O=C(O)CC1COc2ccccc2N1C(=O)OCC1c2ccccc2-c2ccccc21. The Morgan fingerprint density at radius 3 is 2.23 bits per heavy atom. The summed E-state index contributed by atoms with van der Waals surface area (Å²) in [5.74, 6) is -0.521. The first kappa shape index (κ1) is 19.2. The van der Waals surface area contributed by atoms with Crippen LogP contribution in [0.5, 0.6) is 5.75 Å². The second-order valence-corrected chi connectivity index (χ2v) is 7.70. The van der Waals surface area contributed by atoms with Gasteiger partial charge in [0.15, 0.2) is 0 Å². The first-order chi connectivity index (χ1) is 15.1. The number of ether oxygens (including phenoxy) is 2. The number of aliphatic carboxylic acids is 1. The normalized spacial score (nSPS) is 16.6. The molecule has 0 fully saturated rings. The van der Waals surface area contributed by atoms with Gasteiger partial charge in [-0.05, 0) is 34.4 Å². The van der Waals surface area contributed by atoms with Gasteiger partial charge in [-0.25, -0.2) is 4.79 Å². The summed E-state index contributed by atoms with van der Waals surface area (Å²) in [6, 6.07) is 22.7. The van der Waals surface area contributed by atoms with Crippen molar-refractivity contribution in [2.75, 3.05) is 18.1 Å². The Bertz CT molecular complexity index is 1110. The van der Waals surface area contributed by atoms with E-state index in [4.69, 9.17) is 9.47 Å². The topological polar surface area (TPSA) is 76.1 Å². The molecule has 0 radical (unpaired) electrons. The maximum absolute atomic E-state index is 13.2. The number of fused-ring (bicyclic) bond motifs is 4. The van der Waals surface area contributed by atoms with E-state index in [-0.39, 0.29) is 25.6 Å². The van der Waals surface area contributed by atoms with Crippen LogP contribution in [0, 0.1) is 0 Å². The molecule has 1 aliphatic heterocycles. The predicted molar refractivity (Wildman–Crippen MR) is 116 cm³/mol. The maximum Gasteiger partial charge on any atom is 0.414 e. The van der Waals surface area contributed by atoms with Crippen molar-refractivity contribution in [2.45, 2.75) is 18.4 Å². The highest BCUT2D eigenvalue weighted by atomic mass is 16.6. The second kappa shape index (κ2) is 7.80. The minimum Gasteiger partial charge on any atom is -0.489 e. The Morgan fingerprint density at radius 2 is 1.55 bits per heavy atom. The summed E-state index contributed by atoms with van der Waals surface area (Å²) in [7, 11) is 0. The summed E-state index contributed by atoms with van der Waals surface area (Å²) in [6.45, 7) is 0.277. The highest BCUT2D eigenvalue weighted by Gasteiger charge is 2.36. The molecule has 156 valence electrons. The van der Waals surface area contributed by atoms with Gasteiger partial charge in [0.1, 0.15) is 19.0 Å². The van der Waals surface area contributed by atoms with Gasteiger partial charge in [-0.2, -0.15) is 0 Å². The molecule has 0 aromatic heterocycles. The molecule has 6 nitrogen and oxygen atoms in total. The van der Waals surface area contributed by atoms with E-state index in [2.05, 4.69) is 24.3 Å². The molecule has 0 bridgehead atoms. The van der Waals surface area contributed by atoms with E-state index in [1.54, 1.807) is 18.2 Å². The molecule has 3 aromatic carbocycles. The largest absolute Gasteiger partial charge is 0.489 e. The monoisotopic (exact) mass is 415 g/mol. The van der Waals surface area contributed by atoms with Crippen LogP contribution in [0.1, 0.15) is 23.5 Å². The van der Waals surface area contributed by atoms with Crippen molar-refractivity contribution in [3.8, 4) is 16.9 Å². The zero-order valence-corrected chi connectivity index (χ0v) is 16.7. The molecule has 1 heterocycles. The third-order valence-electron chi connectivity index (χ3n) is 5.86. The molecule has 1 aliphatic carbocycles. The van der Waals surface area contributed by atoms with Crippen LogP contribution in [0.25, 0.3) is 11.1 Å². The smallest absolute Gasteiger partial charge is 0.414 e. The first-order valence-electron chi connectivity index (χ1n) is 10.2. The highest BCUT2D eigenvalue weighted by Crippen LogP contribution is 2.44. The van der Waals surface area contributed by atoms with Gasteiger partial charge in [-0.1, -0.05) is 60.7 Å². The lowest BCUT2D eigenvalue weighted by molar-refractivity contribution is -0.137. The Labute approximate surface area is 179 Å². The highest BCUT2D eigenvalue weighted by molar-refractivity contribution is 5.92. The third kappa shape index (κ3) is 3.40. The Balaban J connectivity index is 1.41. The number of carbonyl (C=O) groups excluding carboxylic acids is 1. The number of carboxylic acids is 1.